The number of rotatable bonds is 10. The van der Waals surface area contributed by atoms with E-state index in [0.29, 0.717) is 12.0 Å². The molecule has 0 heterocycles. The number of benzene rings is 1. The lowest BCUT2D eigenvalue weighted by molar-refractivity contribution is 0.192. The summed E-state index contributed by atoms with van der Waals surface area (Å²) in [5.74, 6) is 0.579. The van der Waals surface area contributed by atoms with Crippen LogP contribution in [0.4, 0.5) is 0 Å². The second-order valence-corrected chi connectivity index (χ2v) is 6.28. The summed E-state index contributed by atoms with van der Waals surface area (Å²) in [5.41, 5.74) is 2.86. The monoisotopic (exact) mass is 290 g/mol. The van der Waals surface area contributed by atoms with E-state index in [2.05, 4.69) is 62.2 Å². The molecule has 0 aliphatic rings. The van der Waals surface area contributed by atoms with Crippen molar-refractivity contribution in [3.8, 4) is 0 Å². The number of unbranched alkanes of at least 4 members (excludes halogenated alkanes) is 1. The molecule has 21 heavy (non-hydrogen) atoms. The fourth-order valence-electron chi connectivity index (χ4n) is 2.68. The number of hydrogen-bond donors (Lipinski definition) is 1. The van der Waals surface area contributed by atoms with Crippen LogP contribution in [-0.2, 0) is 6.54 Å². The first-order valence-electron chi connectivity index (χ1n) is 8.59. The van der Waals surface area contributed by atoms with Crippen molar-refractivity contribution in [2.24, 2.45) is 0 Å². The highest BCUT2D eigenvalue weighted by atomic mass is 15.1. The van der Waals surface area contributed by atoms with E-state index in [4.69, 9.17) is 0 Å². The molecule has 0 amide bonds. The molecule has 0 aliphatic heterocycles. The molecule has 0 aliphatic carbocycles. The zero-order valence-corrected chi connectivity index (χ0v) is 14.7. The van der Waals surface area contributed by atoms with Gasteiger partial charge in [0.1, 0.15) is 0 Å². The van der Waals surface area contributed by atoms with E-state index < -0.39 is 0 Å². The Hall–Kier alpha value is -0.860. The summed E-state index contributed by atoms with van der Waals surface area (Å²) in [6.07, 6.45) is 3.79. The van der Waals surface area contributed by atoms with Crippen molar-refractivity contribution in [2.45, 2.75) is 65.5 Å². The second kappa shape index (κ2) is 9.97. The minimum Gasteiger partial charge on any atom is -0.319 e. The van der Waals surface area contributed by atoms with Gasteiger partial charge in [0.2, 0.25) is 0 Å². The zero-order valence-electron chi connectivity index (χ0n) is 14.7. The van der Waals surface area contributed by atoms with E-state index in [1.165, 1.54) is 36.9 Å². The normalized spacial score (nSPS) is 14.4. The number of nitrogens with one attached hydrogen (secondary N) is 1. The highest BCUT2D eigenvalue weighted by Gasteiger charge is 2.12. The van der Waals surface area contributed by atoms with Crippen molar-refractivity contribution in [3.05, 3.63) is 35.4 Å². The van der Waals surface area contributed by atoms with Gasteiger partial charge in [-0.15, -0.1) is 0 Å². The highest BCUT2D eigenvalue weighted by molar-refractivity contribution is 5.25. The van der Waals surface area contributed by atoms with Crippen LogP contribution >= 0.6 is 0 Å². The van der Waals surface area contributed by atoms with Crippen LogP contribution in [0.15, 0.2) is 24.3 Å². The topological polar surface area (TPSA) is 15.3 Å². The van der Waals surface area contributed by atoms with Crippen molar-refractivity contribution >= 4 is 0 Å². The van der Waals surface area contributed by atoms with E-state index >= 15 is 0 Å². The minimum atomic E-state index is 0.579. The van der Waals surface area contributed by atoms with Gasteiger partial charge in [0.15, 0.2) is 0 Å². The average Bonchev–Trinajstić information content (AvgIpc) is 2.51. The van der Waals surface area contributed by atoms with Crippen LogP contribution in [0.2, 0.25) is 0 Å². The molecule has 1 aromatic rings. The molecule has 1 aromatic carbocycles. The van der Waals surface area contributed by atoms with Crippen LogP contribution in [0, 0.1) is 0 Å². The van der Waals surface area contributed by atoms with E-state index in [1.807, 2.05) is 7.05 Å². The number of likely N-dealkylation sites (N-methyl/N-ethyl adjacent to an activating group) is 1. The molecular weight excluding hydrogens is 256 g/mol. The molecule has 2 unspecified atom stereocenters. The van der Waals surface area contributed by atoms with Crippen LogP contribution in [0.5, 0.6) is 0 Å². The maximum atomic E-state index is 3.25. The molecular formula is C19H34N2. The quantitative estimate of drug-likeness (QED) is 0.686. The van der Waals surface area contributed by atoms with Gasteiger partial charge in [-0.25, -0.2) is 0 Å². The van der Waals surface area contributed by atoms with Gasteiger partial charge < -0.3 is 5.32 Å². The molecule has 2 heteroatoms. The first-order valence-corrected chi connectivity index (χ1v) is 8.59. The first-order chi connectivity index (χ1) is 10.1. The van der Waals surface area contributed by atoms with Crippen LogP contribution in [0.3, 0.4) is 0 Å². The van der Waals surface area contributed by atoms with Crippen molar-refractivity contribution < 1.29 is 0 Å². The SMILES string of the molecule is CCCCN(Cc1ccc(C(C)CNC)cc1)C(C)CC. The molecule has 1 rings (SSSR count). The lowest BCUT2D eigenvalue weighted by Crippen LogP contribution is -2.33. The smallest absolute Gasteiger partial charge is 0.0236 e. The highest BCUT2D eigenvalue weighted by Crippen LogP contribution is 2.17. The summed E-state index contributed by atoms with van der Waals surface area (Å²) in [6, 6.07) is 9.88. The summed E-state index contributed by atoms with van der Waals surface area (Å²) in [6.45, 7) is 12.5. The summed E-state index contributed by atoms with van der Waals surface area (Å²) in [4.78, 5) is 2.62. The van der Waals surface area contributed by atoms with Crippen LogP contribution < -0.4 is 5.32 Å². The molecule has 0 fully saturated rings. The Morgan fingerprint density at radius 3 is 2.29 bits per heavy atom. The van der Waals surface area contributed by atoms with Gasteiger partial charge >= 0.3 is 0 Å². The van der Waals surface area contributed by atoms with E-state index in [1.54, 1.807) is 0 Å². The third-order valence-corrected chi connectivity index (χ3v) is 4.46. The van der Waals surface area contributed by atoms with Crippen LogP contribution in [0.1, 0.15) is 64.0 Å². The van der Waals surface area contributed by atoms with Crippen molar-refractivity contribution in [1.29, 1.82) is 0 Å². The third kappa shape index (κ3) is 6.19. The van der Waals surface area contributed by atoms with E-state index in [9.17, 15) is 0 Å². The van der Waals surface area contributed by atoms with Crippen LogP contribution in [-0.4, -0.2) is 31.1 Å². The predicted molar refractivity (Wildman–Crippen MR) is 93.9 cm³/mol. The lowest BCUT2D eigenvalue weighted by atomic mass is 9.99. The van der Waals surface area contributed by atoms with Crippen molar-refractivity contribution in [2.75, 3.05) is 20.1 Å². The Morgan fingerprint density at radius 1 is 1.10 bits per heavy atom. The number of nitrogens with zero attached hydrogens (tertiary/aromatic N) is 1. The fraction of sp³-hybridized carbons (Fsp3) is 0.684. The molecule has 0 saturated heterocycles. The van der Waals surface area contributed by atoms with Gasteiger partial charge in [-0.1, -0.05) is 51.5 Å². The standard InChI is InChI=1S/C19H34N2/c1-6-8-13-21(17(4)7-2)15-18-9-11-19(12-10-18)16(3)14-20-5/h9-12,16-17,20H,6-8,13-15H2,1-5H3. The second-order valence-electron chi connectivity index (χ2n) is 6.28. The van der Waals surface area contributed by atoms with Gasteiger partial charge in [-0.3, -0.25) is 4.90 Å². The molecule has 0 aromatic heterocycles. The maximum absolute atomic E-state index is 3.25. The van der Waals surface area contributed by atoms with Gasteiger partial charge in [-0.2, -0.15) is 0 Å². The van der Waals surface area contributed by atoms with Gasteiger partial charge in [-0.05, 0) is 50.4 Å². The lowest BCUT2D eigenvalue weighted by Gasteiger charge is -2.28. The Bertz CT molecular complexity index is 372. The Labute approximate surface area is 131 Å². The van der Waals surface area contributed by atoms with Gasteiger partial charge in [0.25, 0.3) is 0 Å². The summed E-state index contributed by atoms with van der Waals surface area (Å²) >= 11 is 0. The molecule has 2 atom stereocenters. The molecule has 120 valence electrons. The molecule has 2 nitrogen and oxygen atoms in total. The van der Waals surface area contributed by atoms with E-state index in [0.717, 1.165) is 13.1 Å². The molecule has 0 bridgehead atoms. The summed E-state index contributed by atoms with van der Waals surface area (Å²) < 4.78 is 0. The first kappa shape index (κ1) is 18.2. The Balaban J connectivity index is 2.66. The zero-order chi connectivity index (χ0) is 15.7. The molecule has 0 saturated carbocycles. The third-order valence-electron chi connectivity index (χ3n) is 4.46. The minimum absolute atomic E-state index is 0.579. The van der Waals surface area contributed by atoms with Crippen molar-refractivity contribution in [1.82, 2.24) is 10.2 Å². The summed E-state index contributed by atoms with van der Waals surface area (Å²) in [7, 11) is 2.02. The average molecular weight is 290 g/mol. The Kier molecular flexibility index (Phi) is 8.63. The van der Waals surface area contributed by atoms with Gasteiger partial charge in [0.05, 0.1) is 0 Å². The van der Waals surface area contributed by atoms with Crippen molar-refractivity contribution in [3.63, 3.8) is 0 Å². The fourth-order valence-corrected chi connectivity index (χ4v) is 2.68. The molecule has 1 N–H and O–H groups in total. The number of hydrogen-bond acceptors (Lipinski definition) is 2. The summed E-state index contributed by atoms with van der Waals surface area (Å²) in [5, 5.41) is 3.25. The largest absolute Gasteiger partial charge is 0.319 e. The van der Waals surface area contributed by atoms with Crippen LogP contribution in [0.25, 0.3) is 0 Å². The maximum Gasteiger partial charge on any atom is 0.0236 e. The molecule has 0 radical (unpaired) electrons. The Morgan fingerprint density at radius 2 is 1.76 bits per heavy atom. The predicted octanol–water partition coefficient (Wildman–Crippen LogP) is 4.41. The van der Waals surface area contributed by atoms with Gasteiger partial charge in [0, 0.05) is 19.1 Å². The molecule has 0 spiro atoms. The van der Waals surface area contributed by atoms with E-state index in [-0.39, 0.29) is 0 Å².